The number of nitrogens with zero attached hydrogens (tertiary/aromatic N) is 6. The lowest BCUT2D eigenvalue weighted by Crippen LogP contribution is -2.29. The van der Waals surface area contributed by atoms with Crippen LogP contribution in [-0.4, -0.2) is 72.0 Å². The summed E-state index contributed by atoms with van der Waals surface area (Å²) in [5, 5.41) is 4.30. The van der Waals surface area contributed by atoms with E-state index in [4.69, 9.17) is 14.5 Å². The number of ether oxygens (including phenoxy) is 2. The van der Waals surface area contributed by atoms with E-state index >= 15 is 0 Å². The van der Waals surface area contributed by atoms with Gasteiger partial charge in [0.2, 0.25) is 5.95 Å². The first-order chi connectivity index (χ1) is 15.4. The molecule has 1 saturated heterocycles. The maximum Gasteiger partial charge on any atom is 0.261 e. The van der Waals surface area contributed by atoms with Crippen LogP contribution in [0.1, 0.15) is 28.4 Å². The van der Waals surface area contributed by atoms with Crippen molar-refractivity contribution in [2.75, 3.05) is 46.3 Å². The molecule has 1 aromatic carbocycles. The van der Waals surface area contributed by atoms with Gasteiger partial charge in [-0.2, -0.15) is 5.10 Å². The number of aromatic nitrogens is 4. The Morgan fingerprint density at radius 2 is 1.88 bits per heavy atom. The van der Waals surface area contributed by atoms with Gasteiger partial charge in [-0.15, -0.1) is 0 Å². The summed E-state index contributed by atoms with van der Waals surface area (Å²) < 4.78 is 12.6. The highest BCUT2D eigenvalue weighted by Crippen LogP contribution is 2.36. The van der Waals surface area contributed by atoms with E-state index in [2.05, 4.69) is 10.1 Å². The monoisotopic (exact) mass is 436 g/mol. The van der Waals surface area contributed by atoms with Crippen LogP contribution in [0.5, 0.6) is 11.5 Å². The molecule has 1 amide bonds. The lowest BCUT2D eigenvalue weighted by molar-refractivity contribution is 0.0783. The van der Waals surface area contributed by atoms with Crippen LogP contribution in [0.25, 0.3) is 11.1 Å². The first-order valence-electron chi connectivity index (χ1n) is 10.5. The third kappa shape index (κ3) is 3.98. The zero-order valence-corrected chi connectivity index (χ0v) is 19.1. The molecule has 0 radical (unpaired) electrons. The van der Waals surface area contributed by atoms with E-state index in [1.54, 1.807) is 31.0 Å². The second kappa shape index (κ2) is 8.86. The molecule has 0 aliphatic carbocycles. The number of benzene rings is 1. The Hall–Kier alpha value is -3.62. The summed E-state index contributed by atoms with van der Waals surface area (Å²) >= 11 is 0. The number of aryl methyl sites for hydroxylation is 1. The van der Waals surface area contributed by atoms with Crippen molar-refractivity contribution in [1.82, 2.24) is 24.6 Å². The van der Waals surface area contributed by atoms with Gasteiger partial charge in [0.1, 0.15) is 17.1 Å². The average molecular weight is 437 g/mol. The van der Waals surface area contributed by atoms with Gasteiger partial charge in [0.05, 0.1) is 26.1 Å². The number of methoxy groups -OCH3 is 2. The summed E-state index contributed by atoms with van der Waals surface area (Å²) in [7, 11) is 8.84. The van der Waals surface area contributed by atoms with Gasteiger partial charge < -0.3 is 19.3 Å². The Balaban J connectivity index is 1.66. The second-order valence-corrected chi connectivity index (χ2v) is 8.04. The first kappa shape index (κ1) is 21.6. The molecule has 32 heavy (non-hydrogen) atoms. The van der Waals surface area contributed by atoms with Crippen LogP contribution in [0.4, 0.5) is 5.95 Å². The molecule has 0 bridgehead atoms. The molecule has 3 aromatic rings. The number of hydrogen-bond donors (Lipinski definition) is 0. The third-order valence-electron chi connectivity index (χ3n) is 5.73. The minimum Gasteiger partial charge on any atom is -0.496 e. The predicted molar refractivity (Wildman–Crippen MR) is 121 cm³/mol. The van der Waals surface area contributed by atoms with Crippen LogP contribution in [0.15, 0.2) is 36.8 Å². The van der Waals surface area contributed by atoms with Gasteiger partial charge in [0.15, 0.2) is 0 Å². The molecular weight excluding hydrogens is 408 g/mol. The van der Waals surface area contributed by atoms with Gasteiger partial charge >= 0.3 is 0 Å². The second-order valence-electron chi connectivity index (χ2n) is 8.04. The molecule has 0 N–H and O–H groups in total. The van der Waals surface area contributed by atoms with E-state index < -0.39 is 0 Å². The highest BCUT2D eigenvalue weighted by molar-refractivity contribution is 6.00. The number of hydrogen-bond acceptors (Lipinski definition) is 7. The Morgan fingerprint density at radius 1 is 1.16 bits per heavy atom. The van der Waals surface area contributed by atoms with Crippen molar-refractivity contribution in [3.05, 3.63) is 48.0 Å². The van der Waals surface area contributed by atoms with Crippen molar-refractivity contribution in [3.8, 4) is 22.6 Å². The minimum absolute atomic E-state index is 0.0801. The molecule has 0 spiro atoms. The van der Waals surface area contributed by atoms with Crippen molar-refractivity contribution in [3.63, 3.8) is 0 Å². The molecule has 1 fully saturated rings. The average Bonchev–Trinajstić information content (AvgIpc) is 3.47. The molecule has 3 heterocycles. The molecule has 0 saturated carbocycles. The molecule has 1 aliphatic heterocycles. The van der Waals surface area contributed by atoms with Crippen LogP contribution in [0.3, 0.4) is 0 Å². The highest BCUT2D eigenvalue weighted by Gasteiger charge is 2.33. The van der Waals surface area contributed by atoms with Crippen molar-refractivity contribution in [2.24, 2.45) is 7.05 Å². The number of amides is 1. The number of rotatable bonds is 6. The molecule has 168 valence electrons. The number of likely N-dealkylation sites (tertiary alicyclic amines) is 1. The molecule has 2 aromatic heterocycles. The molecular formula is C23H28N6O3. The van der Waals surface area contributed by atoms with E-state index in [9.17, 15) is 4.79 Å². The predicted octanol–water partition coefficient (Wildman–Crippen LogP) is 2.59. The fourth-order valence-electron chi connectivity index (χ4n) is 4.08. The van der Waals surface area contributed by atoms with Crippen LogP contribution < -0.4 is 14.4 Å². The molecule has 9 nitrogen and oxygen atoms in total. The van der Waals surface area contributed by atoms with Crippen molar-refractivity contribution in [2.45, 2.75) is 12.3 Å². The Labute approximate surface area is 187 Å². The van der Waals surface area contributed by atoms with Gasteiger partial charge in [-0.05, 0) is 18.6 Å². The lowest BCUT2D eigenvalue weighted by atomic mass is 9.97. The number of carbonyl (C=O) groups excluding carboxylic acids is 1. The van der Waals surface area contributed by atoms with E-state index in [1.165, 1.54) is 0 Å². The fourth-order valence-corrected chi connectivity index (χ4v) is 4.08. The zero-order valence-electron chi connectivity index (χ0n) is 19.1. The Bertz CT molecular complexity index is 1100. The van der Waals surface area contributed by atoms with E-state index in [0.29, 0.717) is 36.1 Å². The molecule has 1 atom stereocenters. The smallest absolute Gasteiger partial charge is 0.261 e. The maximum absolute atomic E-state index is 13.4. The summed E-state index contributed by atoms with van der Waals surface area (Å²) in [4.78, 5) is 26.5. The van der Waals surface area contributed by atoms with Gasteiger partial charge in [-0.25, -0.2) is 9.97 Å². The fraction of sp³-hybridized carbons (Fsp3) is 0.391. The summed E-state index contributed by atoms with van der Waals surface area (Å²) in [5.41, 5.74) is 3.28. The third-order valence-corrected chi connectivity index (χ3v) is 5.73. The Morgan fingerprint density at radius 3 is 2.47 bits per heavy atom. The minimum atomic E-state index is -0.105. The molecule has 1 aliphatic rings. The van der Waals surface area contributed by atoms with Crippen molar-refractivity contribution < 1.29 is 14.3 Å². The quantitative estimate of drug-likeness (QED) is 0.587. The van der Waals surface area contributed by atoms with E-state index in [0.717, 1.165) is 23.2 Å². The van der Waals surface area contributed by atoms with Crippen LogP contribution >= 0.6 is 0 Å². The van der Waals surface area contributed by atoms with Crippen LogP contribution in [0.2, 0.25) is 0 Å². The summed E-state index contributed by atoms with van der Waals surface area (Å²) in [6.45, 7) is 1.18. The largest absolute Gasteiger partial charge is 0.496 e. The number of anilines is 1. The first-order valence-corrected chi connectivity index (χ1v) is 10.5. The number of carbonyl (C=O) groups is 1. The lowest BCUT2D eigenvalue weighted by Gasteiger charge is -2.21. The summed E-state index contributed by atoms with van der Waals surface area (Å²) in [5.74, 6) is 1.63. The standard InChI is InChI=1S/C23H28N6O3/c1-27(2)23-24-12-17(16-11-25-28(3)13-16)21(26-23)15-9-10-29(14-15)22(30)20-18(31-4)7-6-8-19(20)32-5/h6-8,11-13,15H,9-10,14H2,1-5H3/t15-/m1/s1. The van der Waals surface area contributed by atoms with E-state index in [-0.39, 0.29) is 11.8 Å². The van der Waals surface area contributed by atoms with Gasteiger partial charge in [0.25, 0.3) is 5.91 Å². The summed E-state index contributed by atoms with van der Waals surface area (Å²) in [6.07, 6.45) is 6.42. The topological polar surface area (TPSA) is 85.6 Å². The molecule has 9 heteroatoms. The zero-order chi connectivity index (χ0) is 22.8. The van der Waals surface area contributed by atoms with Crippen molar-refractivity contribution >= 4 is 11.9 Å². The van der Waals surface area contributed by atoms with Gasteiger partial charge in [-0.1, -0.05) is 6.07 Å². The van der Waals surface area contributed by atoms with Gasteiger partial charge in [0, 0.05) is 63.7 Å². The normalized spacial score (nSPS) is 15.7. The highest BCUT2D eigenvalue weighted by atomic mass is 16.5. The molecule has 0 unspecified atom stereocenters. The van der Waals surface area contributed by atoms with Crippen molar-refractivity contribution in [1.29, 1.82) is 0 Å². The Kier molecular flexibility index (Phi) is 5.98. The molecule has 4 rings (SSSR count). The van der Waals surface area contributed by atoms with Crippen LogP contribution in [0, 0.1) is 0 Å². The van der Waals surface area contributed by atoms with Crippen LogP contribution in [-0.2, 0) is 7.05 Å². The maximum atomic E-state index is 13.4. The SMILES string of the molecule is COc1cccc(OC)c1C(=O)N1CC[C@@H](c2nc(N(C)C)ncc2-c2cnn(C)c2)C1. The summed E-state index contributed by atoms with van der Waals surface area (Å²) in [6, 6.07) is 5.36. The van der Waals surface area contributed by atoms with Gasteiger partial charge in [-0.3, -0.25) is 9.48 Å². The van der Waals surface area contributed by atoms with E-state index in [1.807, 2.05) is 55.6 Å².